The number of rotatable bonds is 0. The topological polar surface area (TPSA) is 47.3 Å². The summed E-state index contributed by atoms with van der Waals surface area (Å²) in [5.74, 6) is 0.858. The van der Waals surface area contributed by atoms with Crippen molar-refractivity contribution in [3.8, 4) is 5.75 Å². The van der Waals surface area contributed by atoms with Gasteiger partial charge in [-0.05, 0) is 12.1 Å². The first-order chi connectivity index (χ1) is 5.38. The van der Waals surface area contributed by atoms with Crippen LogP contribution in [0.1, 0.15) is 0 Å². The molecule has 1 aliphatic rings. The fraction of sp³-hybridized carbons (Fsp3) is 0.250. The Bertz CT molecular complexity index is 273. The zero-order valence-corrected chi connectivity index (χ0v) is 6.13. The van der Waals surface area contributed by atoms with Gasteiger partial charge in [-0.1, -0.05) is 6.07 Å². The number of ether oxygens (including phenoxy) is 1. The maximum atomic E-state index is 5.70. The summed E-state index contributed by atoms with van der Waals surface area (Å²) in [6, 6.07) is 5.67. The van der Waals surface area contributed by atoms with Crippen molar-refractivity contribution >= 4 is 11.4 Å². The molecule has 1 aromatic carbocycles. The predicted octanol–water partition coefficient (Wildman–Crippen LogP) is 1.07. The Morgan fingerprint density at radius 3 is 3.18 bits per heavy atom. The summed E-state index contributed by atoms with van der Waals surface area (Å²) in [6.45, 7) is 1.55. The molecule has 0 aliphatic carbocycles. The van der Waals surface area contributed by atoms with Crippen molar-refractivity contribution < 1.29 is 4.74 Å². The van der Waals surface area contributed by atoms with Crippen LogP contribution in [0.15, 0.2) is 18.2 Å². The summed E-state index contributed by atoms with van der Waals surface area (Å²) in [6.07, 6.45) is 0. The molecule has 1 heterocycles. The third-order valence-corrected chi connectivity index (χ3v) is 1.72. The first kappa shape index (κ1) is 6.34. The van der Waals surface area contributed by atoms with Gasteiger partial charge < -0.3 is 15.8 Å². The highest BCUT2D eigenvalue weighted by atomic mass is 16.5. The van der Waals surface area contributed by atoms with E-state index in [1.54, 1.807) is 0 Å². The molecule has 0 saturated carbocycles. The lowest BCUT2D eigenvalue weighted by atomic mass is 10.2. The van der Waals surface area contributed by atoms with Crippen LogP contribution in [0.25, 0.3) is 0 Å². The average Bonchev–Trinajstić information content (AvgIpc) is 2.06. The minimum atomic E-state index is 0.719. The summed E-state index contributed by atoms with van der Waals surface area (Å²) in [5.41, 5.74) is 7.38. The third-order valence-electron chi connectivity index (χ3n) is 1.72. The molecule has 3 heteroatoms. The van der Waals surface area contributed by atoms with E-state index >= 15 is 0 Å². The van der Waals surface area contributed by atoms with E-state index in [0.29, 0.717) is 0 Å². The molecular weight excluding hydrogens is 140 g/mol. The summed E-state index contributed by atoms with van der Waals surface area (Å²) in [5, 5.41) is 3.18. The Balaban J connectivity index is 2.49. The van der Waals surface area contributed by atoms with E-state index in [-0.39, 0.29) is 0 Å². The van der Waals surface area contributed by atoms with Crippen LogP contribution in [-0.2, 0) is 0 Å². The van der Waals surface area contributed by atoms with Gasteiger partial charge >= 0.3 is 0 Å². The number of fused-ring (bicyclic) bond motifs is 1. The van der Waals surface area contributed by atoms with E-state index in [2.05, 4.69) is 5.32 Å². The molecule has 3 nitrogen and oxygen atoms in total. The number of hydrogen-bond donors (Lipinski definition) is 2. The second-order valence-electron chi connectivity index (χ2n) is 2.50. The molecule has 11 heavy (non-hydrogen) atoms. The molecule has 0 fully saturated rings. The van der Waals surface area contributed by atoms with Gasteiger partial charge in [-0.3, -0.25) is 0 Å². The Morgan fingerprint density at radius 2 is 2.36 bits per heavy atom. The summed E-state index contributed by atoms with van der Waals surface area (Å²) in [7, 11) is 0. The normalized spacial score (nSPS) is 14.5. The number of nitrogens with one attached hydrogen (secondary N) is 1. The van der Waals surface area contributed by atoms with Gasteiger partial charge in [0.05, 0.1) is 5.69 Å². The van der Waals surface area contributed by atoms with Crippen LogP contribution in [0.4, 0.5) is 11.4 Å². The van der Waals surface area contributed by atoms with Gasteiger partial charge in [0.15, 0.2) is 0 Å². The van der Waals surface area contributed by atoms with Crippen molar-refractivity contribution in [2.45, 2.75) is 0 Å². The summed E-state index contributed by atoms with van der Waals surface area (Å²) in [4.78, 5) is 0. The van der Waals surface area contributed by atoms with Gasteiger partial charge in [0.1, 0.15) is 18.0 Å². The highest BCUT2D eigenvalue weighted by Crippen LogP contribution is 2.31. The van der Waals surface area contributed by atoms with Gasteiger partial charge in [0.2, 0.25) is 0 Å². The van der Waals surface area contributed by atoms with Crippen molar-refractivity contribution in [1.29, 1.82) is 0 Å². The zero-order valence-electron chi connectivity index (χ0n) is 6.13. The van der Waals surface area contributed by atoms with Crippen LogP contribution < -0.4 is 15.8 Å². The van der Waals surface area contributed by atoms with Crippen LogP contribution in [0, 0.1) is 0 Å². The molecule has 0 bridgehead atoms. The summed E-state index contributed by atoms with van der Waals surface area (Å²) >= 11 is 0. The molecule has 0 amide bonds. The van der Waals surface area contributed by atoms with E-state index in [1.165, 1.54) is 0 Å². The van der Waals surface area contributed by atoms with Gasteiger partial charge in [-0.2, -0.15) is 0 Å². The molecule has 0 saturated heterocycles. The zero-order chi connectivity index (χ0) is 7.68. The lowest BCUT2D eigenvalue weighted by molar-refractivity contribution is 0.323. The Kier molecular flexibility index (Phi) is 1.35. The number of hydrogen-bond acceptors (Lipinski definition) is 3. The standard InChI is InChI=1S/C8H10N2O/c9-6-2-1-3-7-8(6)10-4-5-11-7/h1-3,10H,4-5,9H2. The van der Waals surface area contributed by atoms with Crippen molar-refractivity contribution in [2.75, 3.05) is 24.2 Å². The molecule has 0 spiro atoms. The molecular formula is C8H10N2O. The van der Waals surface area contributed by atoms with E-state index in [0.717, 1.165) is 30.3 Å². The molecule has 0 unspecified atom stereocenters. The molecule has 3 N–H and O–H groups in total. The highest BCUT2D eigenvalue weighted by Gasteiger charge is 2.10. The van der Waals surface area contributed by atoms with E-state index in [1.807, 2.05) is 18.2 Å². The van der Waals surface area contributed by atoms with Crippen molar-refractivity contribution in [3.63, 3.8) is 0 Å². The number of benzene rings is 1. The lowest BCUT2D eigenvalue weighted by Gasteiger charge is -2.19. The first-order valence-corrected chi connectivity index (χ1v) is 3.63. The van der Waals surface area contributed by atoms with Crippen LogP contribution in [-0.4, -0.2) is 13.2 Å². The van der Waals surface area contributed by atoms with Gasteiger partial charge in [0, 0.05) is 6.54 Å². The Hall–Kier alpha value is -1.38. The number of nitrogens with two attached hydrogens (primary N) is 1. The highest BCUT2D eigenvalue weighted by molar-refractivity contribution is 5.74. The van der Waals surface area contributed by atoms with Gasteiger partial charge in [-0.15, -0.1) is 0 Å². The predicted molar refractivity (Wildman–Crippen MR) is 44.8 cm³/mol. The summed E-state index contributed by atoms with van der Waals surface area (Å²) < 4.78 is 5.36. The Labute approximate surface area is 65.2 Å². The molecule has 58 valence electrons. The maximum absolute atomic E-state index is 5.70. The minimum Gasteiger partial charge on any atom is -0.490 e. The minimum absolute atomic E-state index is 0.719. The van der Waals surface area contributed by atoms with Crippen LogP contribution in [0.5, 0.6) is 5.75 Å². The van der Waals surface area contributed by atoms with Crippen LogP contribution in [0.2, 0.25) is 0 Å². The second-order valence-corrected chi connectivity index (χ2v) is 2.50. The van der Waals surface area contributed by atoms with E-state index < -0.39 is 0 Å². The van der Waals surface area contributed by atoms with Crippen LogP contribution >= 0.6 is 0 Å². The van der Waals surface area contributed by atoms with E-state index in [9.17, 15) is 0 Å². The second kappa shape index (κ2) is 2.34. The fourth-order valence-electron chi connectivity index (χ4n) is 1.19. The van der Waals surface area contributed by atoms with Gasteiger partial charge in [-0.25, -0.2) is 0 Å². The van der Waals surface area contributed by atoms with Crippen LogP contribution in [0.3, 0.4) is 0 Å². The monoisotopic (exact) mass is 150 g/mol. The molecule has 0 atom stereocenters. The Morgan fingerprint density at radius 1 is 1.45 bits per heavy atom. The van der Waals surface area contributed by atoms with Crippen molar-refractivity contribution in [1.82, 2.24) is 0 Å². The average molecular weight is 150 g/mol. The number of para-hydroxylation sites is 1. The molecule has 1 aliphatic heterocycles. The molecule has 0 aromatic heterocycles. The SMILES string of the molecule is Nc1cccc2c1NCCO2. The quantitative estimate of drug-likeness (QED) is 0.544. The largest absolute Gasteiger partial charge is 0.490 e. The molecule has 0 radical (unpaired) electrons. The third kappa shape index (κ3) is 0.981. The van der Waals surface area contributed by atoms with Crippen molar-refractivity contribution in [2.24, 2.45) is 0 Å². The number of anilines is 2. The molecule has 1 aromatic rings. The van der Waals surface area contributed by atoms with Gasteiger partial charge in [0.25, 0.3) is 0 Å². The number of nitrogen functional groups attached to an aromatic ring is 1. The van der Waals surface area contributed by atoms with E-state index in [4.69, 9.17) is 10.5 Å². The fourth-order valence-corrected chi connectivity index (χ4v) is 1.19. The first-order valence-electron chi connectivity index (χ1n) is 3.63. The lowest BCUT2D eigenvalue weighted by Crippen LogP contribution is -2.18. The molecule has 2 rings (SSSR count). The smallest absolute Gasteiger partial charge is 0.144 e. The van der Waals surface area contributed by atoms with Crippen molar-refractivity contribution in [3.05, 3.63) is 18.2 Å². The maximum Gasteiger partial charge on any atom is 0.144 e.